The molecule has 0 bridgehead atoms. The van der Waals surface area contributed by atoms with Gasteiger partial charge >= 0.3 is 6.18 Å². The average Bonchev–Trinajstić information content (AvgIpc) is 2.67. The summed E-state index contributed by atoms with van der Waals surface area (Å²) in [7, 11) is 0. The molecule has 31 heavy (non-hydrogen) atoms. The maximum Gasteiger partial charge on any atom is 0.437 e. The summed E-state index contributed by atoms with van der Waals surface area (Å²) < 4.78 is 50.5. The Labute approximate surface area is 197 Å². The number of oxime groups is 1. The van der Waals surface area contributed by atoms with Gasteiger partial charge in [-0.2, -0.15) is 13.2 Å². The lowest BCUT2D eigenvalue weighted by molar-refractivity contribution is -0.0613. The van der Waals surface area contributed by atoms with E-state index in [1.807, 2.05) is 0 Å². The van der Waals surface area contributed by atoms with Crippen LogP contribution in [0.5, 0.6) is 11.5 Å². The number of rotatable bonds is 9. The summed E-state index contributed by atoms with van der Waals surface area (Å²) in [6.07, 6.45) is -3.20. The summed E-state index contributed by atoms with van der Waals surface area (Å²) in [5.74, 6) is 0.588. The molecule has 168 valence electrons. The molecular weight excluding hydrogens is 501 g/mol. The van der Waals surface area contributed by atoms with Crippen LogP contribution in [0.2, 0.25) is 10.0 Å². The lowest BCUT2D eigenvalue weighted by Crippen LogP contribution is -2.24. The van der Waals surface area contributed by atoms with Crippen LogP contribution in [0.25, 0.3) is 0 Å². The van der Waals surface area contributed by atoms with Crippen LogP contribution < -0.4 is 9.47 Å². The van der Waals surface area contributed by atoms with Gasteiger partial charge in [0, 0.05) is 17.7 Å². The number of benzene rings is 2. The highest BCUT2D eigenvalue weighted by Crippen LogP contribution is 2.37. The summed E-state index contributed by atoms with van der Waals surface area (Å²) in [6, 6.07) is 8.51. The largest absolute Gasteiger partial charge is 0.489 e. The second kappa shape index (κ2) is 11.7. The van der Waals surface area contributed by atoms with Crippen molar-refractivity contribution in [2.75, 3.05) is 13.2 Å². The fourth-order valence-electron chi connectivity index (χ4n) is 2.27. The molecule has 0 radical (unpaired) electrons. The monoisotopic (exact) mass is 515 g/mol. The molecular formula is C20H16Cl4F3NO3. The number of hydrogen-bond acceptors (Lipinski definition) is 4. The Kier molecular flexibility index (Phi) is 9.62. The molecule has 0 amide bonds. The molecule has 2 rings (SSSR count). The van der Waals surface area contributed by atoms with Crippen molar-refractivity contribution < 1.29 is 27.5 Å². The van der Waals surface area contributed by atoms with Crippen molar-refractivity contribution in [3.8, 4) is 11.5 Å². The van der Waals surface area contributed by atoms with Crippen molar-refractivity contribution in [3.63, 3.8) is 0 Å². The average molecular weight is 517 g/mol. The van der Waals surface area contributed by atoms with Crippen molar-refractivity contribution in [3.05, 3.63) is 68.1 Å². The molecule has 0 unspecified atom stereocenters. The van der Waals surface area contributed by atoms with E-state index in [1.165, 1.54) is 42.5 Å². The maximum atomic E-state index is 13.1. The zero-order valence-electron chi connectivity index (χ0n) is 16.0. The molecule has 0 aromatic heterocycles. The minimum absolute atomic E-state index is 0.0218. The maximum absolute atomic E-state index is 13.1. The van der Waals surface area contributed by atoms with E-state index in [0.717, 1.165) is 0 Å². The Morgan fingerprint density at radius 3 is 2.16 bits per heavy atom. The first kappa shape index (κ1) is 25.5. The van der Waals surface area contributed by atoms with Gasteiger partial charge in [-0.05, 0) is 18.6 Å². The predicted octanol–water partition coefficient (Wildman–Crippen LogP) is 7.57. The van der Waals surface area contributed by atoms with Gasteiger partial charge in [0.05, 0.1) is 10.0 Å². The van der Waals surface area contributed by atoms with Crippen LogP contribution in [0.4, 0.5) is 13.2 Å². The Bertz CT molecular complexity index is 921. The number of nitrogens with zero attached hydrogens (tertiary/aromatic N) is 1. The van der Waals surface area contributed by atoms with Gasteiger partial charge in [-0.25, -0.2) is 0 Å². The van der Waals surface area contributed by atoms with Crippen LogP contribution in [0.15, 0.2) is 52.1 Å². The minimum Gasteiger partial charge on any atom is -0.489 e. The number of ether oxygens (including phenoxy) is 2. The molecule has 0 saturated carbocycles. The van der Waals surface area contributed by atoms with E-state index in [-0.39, 0.29) is 45.7 Å². The van der Waals surface area contributed by atoms with Crippen LogP contribution in [0.3, 0.4) is 0 Å². The molecule has 0 spiro atoms. The molecule has 0 heterocycles. The highest BCUT2D eigenvalue weighted by molar-refractivity contribution is 6.55. The molecule has 2 aromatic rings. The van der Waals surface area contributed by atoms with E-state index in [0.29, 0.717) is 11.3 Å². The third kappa shape index (κ3) is 8.00. The summed E-state index contributed by atoms with van der Waals surface area (Å²) in [5, 5.41) is 3.56. The third-order valence-corrected chi connectivity index (χ3v) is 4.49. The molecule has 0 fully saturated rings. The fourth-order valence-corrected chi connectivity index (χ4v) is 2.97. The first-order valence-electron chi connectivity index (χ1n) is 8.74. The number of halogens is 7. The minimum atomic E-state index is -4.65. The van der Waals surface area contributed by atoms with Crippen molar-refractivity contribution >= 4 is 52.1 Å². The Morgan fingerprint density at radius 2 is 1.65 bits per heavy atom. The van der Waals surface area contributed by atoms with E-state index in [1.54, 1.807) is 6.92 Å². The first-order chi connectivity index (χ1) is 14.6. The Balaban J connectivity index is 2.09. The Hall–Kier alpha value is -1.80. The van der Waals surface area contributed by atoms with Crippen LogP contribution in [-0.4, -0.2) is 25.1 Å². The standard InChI is InChI=1S/C20H16Cl4F3NO3/c1-2-31-28-19(20(25,26)27)13-5-3-12(4-6-13)11-30-18-15(21)9-14(10-16(18)22)29-8-7-17(23)24/h3-7,9-10H,2,8,11H2,1H3. The number of hydrogen-bond donors (Lipinski definition) is 0. The highest BCUT2D eigenvalue weighted by Gasteiger charge is 2.37. The molecule has 0 aliphatic rings. The zero-order valence-corrected chi connectivity index (χ0v) is 19.0. The van der Waals surface area contributed by atoms with Crippen LogP contribution in [0.1, 0.15) is 18.1 Å². The van der Waals surface area contributed by atoms with E-state index >= 15 is 0 Å². The van der Waals surface area contributed by atoms with Gasteiger partial charge in [-0.1, -0.05) is 75.8 Å². The van der Waals surface area contributed by atoms with Gasteiger partial charge in [-0.15, -0.1) is 0 Å². The second-order valence-electron chi connectivity index (χ2n) is 5.86. The SMILES string of the molecule is CCON=C(c1ccc(COc2c(Cl)cc(OCC=C(Cl)Cl)cc2Cl)cc1)C(F)(F)F. The quantitative estimate of drug-likeness (QED) is 0.255. The fraction of sp³-hybridized carbons (Fsp3) is 0.250. The predicted molar refractivity (Wildman–Crippen MR) is 117 cm³/mol. The lowest BCUT2D eigenvalue weighted by Gasteiger charge is -2.13. The van der Waals surface area contributed by atoms with Gasteiger partial charge in [0.15, 0.2) is 11.5 Å². The summed E-state index contributed by atoms with van der Waals surface area (Å²) in [5.41, 5.74) is -0.654. The molecule has 0 atom stereocenters. The van der Waals surface area contributed by atoms with Crippen molar-refractivity contribution in [1.82, 2.24) is 0 Å². The number of alkyl halides is 3. The van der Waals surface area contributed by atoms with Crippen LogP contribution in [0, 0.1) is 0 Å². The molecule has 0 N–H and O–H groups in total. The zero-order chi connectivity index (χ0) is 23.0. The Morgan fingerprint density at radius 1 is 1.03 bits per heavy atom. The second-order valence-corrected chi connectivity index (χ2v) is 7.68. The third-order valence-electron chi connectivity index (χ3n) is 3.62. The molecule has 11 heteroatoms. The van der Waals surface area contributed by atoms with Gasteiger partial charge in [0.2, 0.25) is 0 Å². The normalized spacial score (nSPS) is 11.8. The van der Waals surface area contributed by atoms with Crippen molar-refractivity contribution in [2.24, 2.45) is 5.16 Å². The summed E-state index contributed by atoms with van der Waals surface area (Å²) >= 11 is 23.4. The molecule has 0 saturated heterocycles. The van der Waals surface area contributed by atoms with Crippen LogP contribution >= 0.6 is 46.4 Å². The topological polar surface area (TPSA) is 40.0 Å². The van der Waals surface area contributed by atoms with E-state index in [2.05, 4.69) is 9.99 Å². The smallest absolute Gasteiger partial charge is 0.437 e. The highest BCUT2D eigenvalue weighted by atomic mass is 35.5. The van der Waals surface area contributed by atoms with E-state index in [9.17, 15) is 13.2 Å². The van der Waals surface area contributed by atoms with Crippen molar-refractivity contribution in [2.45, 2.75) is 19.7 Å². The molecule has 2 aromatic carbocycles. The van der Waals surface area contributed by atoms with Gasteiger partial charge in [0.25, 0.3) is 0 Å². The van der Waals surface area contributed by atoms with E-state index in [4.69, 9.17) is 55.9 Å². The first-order valence-corrected chi connectivity index (χ1v) is 10.2. The van der Waals surface area contributed by atoms with Gasteiger partial charge in [0.1, 0.15) is 30.1 Å². The lowest BCUT2D eigenvalue weighted by atomic mass is 10.1. The van der Waals surface area contributed by atoms with Crippen LogP contribution in [-0.2, 0) is 11.4 Å². The summed E-state index contributed by atoms with van der Waals surface area (Å²) in [6.45, 7) is 1.70. The van der Waals surface area contributed by atoms with E-state index < -0.39 is 11.9 Å². The molecule has 0 aliphatic heterocycles. The van der Waals surface area contributed by atoms with Gasteiger partial charge in [-0.3, -0.25) is 0 Å². The summed E-state index contributed by atoms with van der Waals surface area (Å²) in [4.78, 5) is 4.57. The molecule has 4 nitrogen and oxygen atoms in total. The molecule has 0 aliphatic carbocycles. The van der Waals surface area contributed by atoms with Crippen molar-refractivity contribution in [1.29, 1.82) is 0 Å². The van der Waals surface area contributed by atoms with Gasteiger partial charge < -0.3 is 14.3 Å².